The zero-order valence-electron chi connectivity index (χ0n) is 15.0. The lowest BCUT2D eigenvalue weighted by Crippen LogP contribution is -2.20. The molecule has 0 fully saturated rings. The van der Waals surface area contributed by atoms with Crippen molar-refractivity contribution in [2.24, 2.45) is 11.8 Å². The Bertz CT molecular complexity index is 369. The topological polar surface area (TPSA) is 83.8 Å². The van der Waals surface area contributed by atoms with Gasteiger partial charge in [-0.1, -0.05) is 52.9 Å². The van der Waals surface area contributed by atoms with Gasteiger partial charge in [0, 0.05) is 6.61 Å². The van der Waals surface area contributed by atoms with E-state index in [0.717, 1.165) is 38.5 Å². The van der Waals surface area contributed by atoms with E-state index in [0.29, 0.717) is 24.7 Å². The minimum atomic E-state index is -4.41. The highest BCUT2D eigenvalue weighted by atomic mass is 32.3. The van der Waals surface area contributed by atoms with Crippen molar-refractivity contribution in [2.45, 2.75) is 91.1 Å². The molecule has 140 valence electrons. The summed E-state index contributed by atoms with van der Waals surface area (Å²) in [5.74, 6) is 0.955. The first-order chi connectivity index (χ1) is 10.9. The molecule has 0 aliphatic heterocycles. The predicted molar refractivity (Wildman–Crippen MR) is 93.7 cm³/mol. The largest absolute Gasteiger partial charge is 0.397 e. The maximum atomic E-state index is 11.1. The third-order valence-corrected chi connectivity index (χ3v) is 5.22. The van der Waals surface area contributed by atoms with Crippen LogP contribution in [-0.2, 0) is 14.6 Å². The van der Waals surface area contributed by atoms with Gasteiger partial charge in [0.15, 0.2) is 0 Å². The van der Waals surface area contributed by atoms with E-state index in [1.54, 1.807) is 0 Å². The van der Waals surface area contributed by atoms with Crippen molar-refractivity contribution in [1.82, 2.24) is 0 Å². The molecular weight excluding hydrogens is 316 g/mol. The second-order valence-corrected chi connectivity index (χ2v) is 7.55. The summed E-state index contributed by atoms with van der Waals surface area (Å²) in [5.41, 5.74) is 0. The highest BCUT2D eigenvalue weighted by Gasteiger charge is 2.20. The first-order valence-electron chi connectivity index (χ1n) is 9.12. The van der Waals surface area contributed by atoms with Gasteiger partial charge in [-0.3, -0.25) is 4.55 Å². The maximum Gasteiger partial charge on any atom is 0.397 e. The predicted octanol–water partition coefficient (Wildman–Crippen LogP) is 4.36. The minimum absolute atomic E-state index is 0.150. The number of hydrogen-bond acceptors (Lipinski definition) is 4. The molecule has 0 bridgehead atoms. The van der Waals surface area contributed by atoms with Crippen molar-refractivity contribution >= 4 is 10.4 Å². The third-order valence-electron chi connectivity index (χ3n) is 4.71. The molecule has 0 saturated carbocycles. The zero-order chi connectivity index (χ0) is 17.7. The molecule has 3 atom stereocenters. The van der Waals surface area contributed by atoms with E-state index < -0.39 is 16.5 Å². The van der Waals surface area contributed by atoms with Gasteiger partial charge in [-0.15, -0.1) is 0 Å². The van der Waals surface area contributed by atoms with E-state index in [2.05, 4.69) is 20.8 Å². The van der Waals surface area contributed by atoms with Crippen LogP contribution < -0.4 is 0 Å². The summed E-state index contributed by atoms with van der Waals surface area (Å²) in [5, 5.41) is 9.04. The summed E-state index contributed by atoms with van der Waals surface area (Å²) in [6.45, 7) is 6.55. The number of rotatable bonds is 15. The highest BCUT2D eigenvalue weighted by Crippen LogP contribution is 2.24. The van der Waals surface area contributed by atoms with Gasteiger partial charge in [0.25, 0.3) is 0 Å². The maximum absolute atomic E-state index is 11.1. The van der Waals surface area contributed by atoms with Gasteiger partial charge in [0.1, 0.15) is 0 Å². The van der Waals surface area contributed by atoms with E-state index in [-0.39, 0.29) is 6.61 Å². The monoisotopic (exact) mass is 352 g/mol. The van der Waals surface area contributed by atoms with Crippen LogP contribution in [0.5, 0.6) is 0 Å². The zero-order valence-corrected chi connectivity index (χ0v) is 15.9. The molecule has 0 radical (unpaired) electrons. The SMILES string of the molecule is CCCCC(CC)CCC(CCC(CC)CCO)OS(=O)(=O)O. The van der Waals surface area contributed by atoms with Gasteiger partial charge in [0.05, 0.1) is 6.10 Å². The summed E-state index contributed by atoms with van der Waals surface area (Å²) in [4.78, 5) is 0. The molecule has 0 saturated heterocycles. The first kappa shape index (κ1) is 22.8. The van der Waals surface area contributed by atoms with Gasteiger partial charge in [-0.2, -0.15) is 8.42 Å². The Balaban J connectivity index is 4.49. The Morgan fingerprint density at radius 3 is 1.78 bits per heavy atom. The van der Waals surface area contributed by atoms with E-state index in [1.165, 1.54) is 12.8 Å². The molecular formula is C17H36O5S. The Kier molecular flexibility index (Phi) is 13.1. The molecule has 0 heterocycles. The summed E-state index contributed by atoms with van der Waals surface area (Å²) >= 11 is 0. The van der Waals surface area contributed by atoms with E-state index in [9.17, 15) is 8.42 Å². The molecule has 0 aliphatic carbocycles. The third kappa shape index (κ3) is 12.9. The minimum Gasteiger partial charge on any atom is -0.396 e. The lowest BCUT2D eigenvalue weighted by Gasteiger charge is -2.21. The van der Waals surface area contributed by atoms with Crippen LogP contribution in [0.2, 0.25) is 0 Å². The van der Waals surface area contributed by atoms with Crippen LogP contribution in [0, 0.1) is 11.8 Å². The van der Waals surface area contributed by atoms with Crippen molar-refractivity contribution in [1.29, 1.82) is 0 Å². The first-order valence-corrected chi connectivity index (χ1v) is 10.5. The normalized spacial score (nSPS) is 16.2. The summed E-state index contributed by atoms with van der Waals surface area (Å²) < 4.78 is 36.0. The second-order valence-electron chi connectivity index (χ2n) is 6.50. The highest BCUT2D eigenvalue weighted by molar-refractivity contribution is 7.80. The van der Waals surface area contributed by atoms with Crippen LogP contribution in [0.25, 0.3) is 0 Å². The lowest BCUT2D eigenvalue weighted by atomic mass is 9.90. The van der Waals surface area contributed by atoms with Crippen LogP contribution in [0.3, 0.4) is 0 Å². The van der Waals surface area contributed by atoms with Crippen molar-refractivity contribution in [3.05, 3.63) is 0 Å². The summed E-state index contributed by atoms with van der Waals surface area (Å²) in [7, 11) is -4.41. The van der Waals surface area contributed by atoms with Crippen LogP contribution in [0.1, 0.15) is 85.0 Å². The molecule has 23 heavy (non-hydrogen) atoms. The fraction of sp³-hybridized carbons (Fsp3) is 1.00. The van der Waals surface area contributed by atoms with Crippen LogP contribution >= 0.6 is 0 Å². The standard InChI is InChI=1S/C17H36O5S/c1-4-7-8-15(5-2)9-11-17(22-23(19,20)21)12-10-16(6-3)13-14-18/h15-18H,4-14H2,1-3H3,(H,19,20,21). The Hall–Kier alpha value is -0.170. The molecule has 0 rings (SSSR count). The van der Waals surface area contributed by atoms with Gasteiger partial charge < -0.3 is 5.11 Å². The van der Waals surface area contributed by atoms with Gasteiger partial charge in [-0.05, 0) is 43.9 Å². The lowest BCUT2D eigenvalue weighted by molar-refractivity contribution is 0.141. The van der Waals surface area contributed by atoms with Crippen molar-refractivity contribution in [2.75, 3.05) is 6.61 Å². The molecule has 5 nitrogen and oxygen atoms in total. The van der Waals surface area contributed by atoms with E-state index in [1.807, 2.05) is 0 Å². The summed E-state index contributed by atoms with van der Waals surface area (Å²) in [6.07, 6.45) is 8.80. The number of aliphatic hydroxyl groups excluding tert-OH is 1. The molecule has 6 heteroatoms. The fourth-order valence-corrected chi connectivity index (χ4v) is 3.57. The number of hydrogen-bond donors (Lipinski definition) is 2. The molecule has 0 aromatic rings. The Labute approximate surface area is 142 Å². The molecule has 0 spiro atoms. The quantitative estimate of drug-likeness (QED) is 0.428. The number of unbranched alkanes of at least 4 members (excludes halogenated alkanes) is 1. The molecule has 0 aliphatic rings. The van der Waals surface area contributed by atoms with E-state index >= 15 is 0 Å². The van der Waals surface area contributed by atoms with Crippen molar-refractivity contribution < 1.29 is 22.3 Å². The Morgan fingerprint density at radius 2 is 1.39 bits per heavy atom. The smallest absolute Gasteiger partial charge is 0.396 e. The van der Waals surface area contributed by atoms with Crippen molar-refractivity contribution in [3.8, 4) is 0 Å². The summed E-state index contributed by atoms with van der Waals surface area (Å²) in [6, 6.07) is 0. The van der Waals surface area contributed by atoms with Gasteiger partial charge >= 0.3 is 10.4 Å². The van der Waals surface area contributed by atoms with Crippen molar-refractivity contribution in [3.63, 3.8) is 0 Å². The molecule has 0 aromatic carbocycles. The molecule has 0 amide bonds. The Morgan fingerprint density at radius 1 is 0.870 bits per heavy atom. The number of aliphatic hydroxyl groups is 1. The average Bonchev–Trinajstić information content (AvgIpc) is 2.49. The van der Waals surface area contributed by atoms with Crippen LogP contribution in [0.15, 0.2) is 0 Å². The van der Waals surface area contributed by atoms with Crippen LogP contribution in [0.4, 0.5) is 0 Å². The fourth-order valence-electron chi connectivity index (χ4n) is 3.04. The van der Waals surface area contributed by atoms with Crippen LogP contribution in [-0.4, -0.2) is 30.8 Å². The van der Waals surface area contributed by atoms with E-state index in [4.69, 9.17) is 13.8 Å². The molecule has 3 unspecified atom stereocenters. The molecule has 2 N–H and O–H groups in total. The molecule has 0 aromatic heterocycles. The van der Waals surface area contributed by atoms with Gasteiger partial charge in [-0.25, -0.2) is 4.18 Å². The van der Waals surface area contributed by atoms with Gasteiger partial charge in [0.2, 0.25) is 0 Å². The second kappa shape index (κ2) is 13.2. The average molecular weight is 353 g/mol.